The van der Waals surface area contributed by atoms with Crippen LogP contribution in [-0.4, -0.2) is 22.0 Å². The lowest BCUT2D eigenvalue weighted by atomic mass is 10.5. The first-order valence-corrected chi connectivity index (χ1v) is 6.71. The van der Waals surface area contributed by atoms with Gasteiger partial charge in [-0.3, -0.25) is 0 Å². The van der Waals surface area contributed by atoms with E-state index in [2.05, 4.69) is 41.5 Å². The van der Waals surface area contributed by atoms with E-state index in [1.807, 2.05) is 12.3 Å². The van der Waals surface area contributed by atoms with Crippen molar-refractivity contribution in [2.24, 2.45) is 0 Å². The summed E-state index contributed by atoms with van der Waals surface area (Å²) in [5.74, 6) is 1.35. The van der Waals surface area contributed by atoms with Gasteiger partial charge in [-0.05, 0) is 22.9 Å². The summed E-state index contributed by atoms with van der Waals surface area (Å²) < 4.78 is 0.838. The van der Waals surface area contributed by atoms with Gasteiger partial charge in [0.1, 0.15) is 10.8 Å². The topological polar surface area (TPSA) is 62.7 Å². The van der Waals surface area contributed by atoms with E-state index >= 15 is 0 Å². The van der Waals surface area contributed by atoms with Crippen molar-refractivity contribution in [1.29, 1.82) is 0 Å². The van der Waals surface area contributed by atoms with Crippen molar-refractivity contribution in [2.45, 2.75) is 13.5 Å². The highest BCUT2D eigenvalue weighted by atomic mass is 79.9. The Balaban J connectivity index is 2.07. The molecule has 2 aromatic rings. The van der Waals surface area contributed by atoms with Crippen LogP contribution in [0.3, 0.4) is 0 Å². The second-order valence-electron chi connectivity index (χ2n) is 3.38. The molecule has 0 saturated heterocycles. The highest BCUT2D eigenvalue weighted by Crippen LogP contribution is 2.21. The van der Waals surface area contributed by atoms with Crippen molar-refractivity contribution in [2.75, 3.05) is 17.7 Å². The van der Waals surface area contributed by atoms with Gasteiger partial charge in [-0.1, -0.05) is 0 Å². The zero-order valence-electron chi connectivity index (χ0n) is 9.49. The van der Waals surface area contributed by atoms with Gasteiger partial charge in [-0.25, -0.2) is 9.97 Å². The van der Waals surface area contributed by atoms with E-state index in [1.165, 1.54) is 0 Å². The third kappa shape index (κ3) is 3.13. The van der Waals surface area contributed by atoms with Crippen LogP contribution >= 0.6 is 27.3 Å². The van der Waals surface area contributed by atoms with Crippen LogP contribution in [0.15, 0.2) is 16.0 Å². The predicted molar refractivity (Wildman–Crippen MR) is 73.5 cm³/mol. The monoisotopic (exact) mass is 313 g/mol. The van der Waals surface area contributed by atoms with Crippen molar-refractivity contribution in [3.8, 4) is 0 Å². The molecule has 2 rings (SSSR count). The SMILES string of the molecule is CNc1ncc(Br)c(NCc2nc(C)cs2)n1. The van der Waals surface area contributed by atoms with Crippen LogP contribution in [0.5, 0.6) is 0 Å². The largest absolute Gasteiger partial charge is 0.362 e. The van der Waals surface area contributed by atoms with Gasteiger partial charge in [0.25, 0.3) is 0 Å². The summed E-state index contributed by atoms with van der Waals surface area (Å²) in [6, 6.07) is 0. The van der Waals surface area contributed by atoms with Gasteiger partial charge in [0.2, 0.25) is 5.95 Å². The number of aryl methyl sites for hydroxylation is 1. The molecule has 0 spiro atoms. The lowest BCUT2D eigenvalue weighted by Gasteiger charge is -2.07. The zero-order chi connectivity index (χ0) is 12.3. The van der Waals surface area contributed by atoms with Crippen molar-refractivity contribution in [1.82, 2.24) is 15.0 Å². The van der Waals surface area contributed by atoms with E-state index in [9.17, 15) is 0 Å². The molecular weight excluding hydrogens is 302 g/mol. The summed E-state index contributed by atoms with van der Waals surface area (Å²) in [5.41, 5.74) is 1.05. The molecule has 0 unspecified atom stereocenters. The maximum absolute atomic E-state index is 4.38. The van der Waals surface area contributed by atoms with E-state index in [4.69, 9.17) is 0 Å². The van der Waals surface area contributed by atoms with Gasteiger partial charge < -0.3 is 10.6 Å². The van der Waals surface area contributed by atoms with Crippen molar-refractivity contribution < 1.29 is 0 Å². The number of hydrogen-bond acceptors (Lipinski definition) is 6. The van der Waals surface area contributed by atoms with E-state index in [0.717, 1.165) is 21.0 Å². The number of anilines is 2. The Kier molecular flexibility index (Phi) is 3.90. The van der Waals surface area contributed by atoms with Crippen molar-refractivity contribution in [3.63, 3.8) is 0 Å². The lowest BCUT2D eigenvalue weighted by Crippen LogP contribution is -2.05. The second-order valence-corrected chi connectivity index (χ2v) is 5.17. The first-order chi connectivity index (χ1) is 8.19. The molecule has 5 nitrogen and oxygen atoms in total. The Bertz CT molecular complexity index is 513. The number of rotatable bonds is 4. The molecule has 0 aliphatic heterocycles. The van der Waals surface area contributed by atoms with Crippen molar-refractivity contribution >= 4 is 39.0 Å². The smallest absolute Gasteiger partial charge is 0.224 e. The van der Waals surface area contributed by atoms with E-state index < -0.39 is 0 Å². The van der Waals surface area contributed by atoms with E-state index in [-0.39, 0.29) is 0 Å². The Hall–Kier alpha value is -1.21. The number of halogens is 1. The van der Waals surface area contributed by atoms with Crippen LogP contribution in [0.2, 0.25) is 0 Å². The number of nitrogens with one attached hydrogen (secondary N) is 2. The molecule has 0 radical (unpaired) electrons. The van der Waals surface area contributed by atoms with Crippen LogP contribution < -0.4 is 10.6 Å². The summed E-state index contributed by atoms with van der Waals surface area (Å²) >= 11 is 5.04. The van der Waals surface area contributed by atoms with Gasteiger partial charge in [-0.15, -0.1) is 11.3 Å². The molecule has 7 heteroatoms. The standard InChI is InChI=1S/C10H12BrN5S/c1-6-5-17-8(15-6)4-13-9-7(11)3-14-10(12-2)16-9/h3,5H,4H2,1-2H3,(H2,12,13,14,16). The molecular formula is C10H12BrN5S. The fraction of sp³-hybridized carbons (Fsp3) is 0.300. The van der Waals surface area contributed by atoms with Crippen LogP contribution in [0.4, 0.5) is 11.8 Å². The van der Waals surface area contributed by atoms with Gasteiger partial charge >= 0.3 is 0 Å². The maximum Gasteiger partial charge on any atom is 0.224 e. The quantitative estimate of drug-likeness (QED) is 0.908. The molecule has 2 heterocycles. The molecule has 0 saturated carbocycles. The summed E-state index contributed by atoms with van der Waals surface area (Å²) in [4.78, 5) is 12.8. The number of aromatic nitrogens is 3. The summed E-state index contributed by atoms with van der Waals surface area (Å²) in [6.07, 6.45) is 1.72. The predicted octanol–water partition coefficient (Wildman–Crippen LogP) is 2.66. The summed E-state index contributed by atoms with van der Waals surface area (Å²) in [6.45, 7) is 2.65. The second kappa shape index (κ2) is 5.42. The zero-order valence-corrected chi connectivity index (χ0v) is 11.9. The minimum atomic E-state index is 0.589. The third-order valence-corrected chi connectivity index (χ3v) is 3.59. The summed E-state index contributed by atoms with van der Waals surface area (Å²) in [7, 11) is 1.79. The average molecular weight is 314 g/mol. The van der Waals surface area contributed by atoms with Gasteiger partial charge in [-0.2, -0.15) is 4.98 Å². The molecule has 0 aliphatic carbocycles. The molecule has 0 bridgehead atoms. The van der Waals surface area contributed by atoms with Crippen molar-refractivity contribution in [3.05, 3.63) is 26.8 Å². The molecule has 2 N–H and O–H groups in total. The Morgan fingerprint density at radius 3 is 2.88 bits per heavy atom. The van der Waals surface area contributed by atoms with Gasteiger partial charge in [0.05, 0.1) is 11.0 Å². The molecule has 0 aliphatic rings. The number of thiazole rings is 1. The molecule has 17 heavy (non-hydrogen) atoms. The number of hydrogen-bond donors (Lipinski definition) is 2. The highest BCUT2D eigenvalue weighted by molar-refractivity contribution is 9.10. The molecule has 0 amide bonds. The van der Waals surface area contributed by atoms with Crippen LogP contribution in [0.1, 0.15) is 10.7 Å². The molecule has 90 valence electrons. The normalized spacial score (nSPS) is 10.3. The first kappa shape index (κ1) is 12.3. The molecule has 0 aromatic carbocycles. The average Bonchev–Trinajstić information content (AvgIpc) is 2.74. The third-order valence-electron chi connectivity index (χ3n) is 2.04. The fourth-order valence-corrected chi connectivity index (χ4v) is 2.30. The molecule has 0 atom stereocenters. The summed E-state index contributed by atoms with van der Waals surface area (Å²) in [5, 5.41) is 9.20. The fourth-order valence-electron chi connectivity index (χ4n) is 1.25. The molecule has 0 fully saturated rings. The van der Waals surface area contributed by atoms with E-state index in [0.29, 0.717) is 12.5 Å². The van der Waals surface area contributed by atoms with Crippen LogP contribution in [-0.2, 0) is 6.54 Å². The lowest BCUT2D eigenvalue weighted by molar-refractivity contribution is 1.04. The van der Waals surface area contributed by atoms with Gasteiger partial charge in [0.15, 0.2) is 0 Å². The Morgan fingerprint density at radius 2 is 2.24 bits per heavy atom. The minimum Gasteiger partial charge on any atom is -0.362 e. The van der Waals surface area contributed by atoms with Crippen LogP contribution in [0, 0.1) is 6.92 Å². The van der Waals surface area contributed by atoms with Crippen LogP contribution in [0.25, 0.3) is 0 Å². The maximum atomic E-state index is 4.38. The highest BCUT2D eigenvalue weighted by Gasteiger charge is 2.05. The number of nitrogens with zero attached hydrogens (tertiary/aromatic N) is 3. The Morgan fingerprint density at radius 1 is 1.41 bits per heavy atom. The minimum absolute atomic E-state index is 0.589. The van der Waals surface area contributed by atoms with E-state index in [1.54, 1.807) is 24.6 Å². The Labute approximate surface area is 112 Å². The molecule has 2 aromatic heterocycles. The van der Waals surface area contributed by atoms with Gasteiger partial charge in [0, 0.05) is 24.3 Å². The first-order valence-electron chi connectivity index (χ1n) is 5.04.